The summed E-state index contributed by atoms with van der Waals surface area (Å²) in [7, 11) is 1.87. The third kappa shape index (κ3) is 2.33. The summed E-state index contributed by atoms with van der Waals surface area (Å²) in [5.74, 6) is 0.107. The van der Waals surface area contributed by atoms with Crippen molar-refractivity contribution in [2.24, 2.45) is 5.41 Å². The molecule has 3 nitrogen and oxygen atoms in total. The van der Waals surface area contributed by atoms with E-state index in [-0.39, 0.29) is 11.3 Å². The highest BCUT2D eigenvalue weighted by Gasteiger charge is 2.49. The molecule has 1 heterocycles. The van der Waals surface area contributed by atoms with Crippen LogP contribution in [-0.2, 0) is 4.79 Å². The lowest BCUT2D eigenvalue weighted by Gasteiger charge is -2.13. The average molecular weight is 245 g/mol. The first-order valence-corrected chi connectivity index (χ1v) is 6.07. The number of rotatable bonds is 4. The highest BCUT2D eigenvalue weighted by atomic mass is 35.5. The molecule has 0 unspecified atom stereocenters. The maximum absolute atomic E-state index is 11.9. The number of nitrogens with one attached hydrogen (secondary N) is 2. The van der Waals surface area contributed by atoms with Crippen molar-refractivity contribution in [1.29, 1.82) is 0 Å². The van der Waals surface area contributed by atoms with Crippen LogP contribution >= 0.6 is 22.9 Å². The summed E-state index contributed by atoms with van der Waals surface area (Å²) < 4.78 is 0.698. The van der Waals surface area contributed by atoms with Crippen LogP contribution in [0.15, 0.2) is 12.1 Å². The zero-order chi connectivity index (χ0) is 10.9. The topological polar surface area (TPSA) is 41.1 Å². The maximum atomic E-state index is 11.9. The number of thiophene rings is 1. The Morgan fingerprint density at radius 3 is 2.80 bits per heavy atom. The van der Waals surface area contributed by atoms with Gasteiger partial charge in [-0.2, -0.15) is 0 Å². The molecule has 1 aromatic rings. The summed E-state index contributed by atoms with van der Waals surface area (Å²) in [4.78, 5) is 11.9. The fourth-order valence-electron chi connectivity index (χ4n) is 1.60. The molecular formula is C10H13ClN2OS. The summed E-state index contributed by atoms with van der Waals surface area (Å²) in [6.45, 7) is 0.748. The van der Waals surface area contributed by atoms with E-state index in [1.807, 2.05) is 13.1 Å². The largest absolute Gasteiger partial charge is 0.319 e. The molecule has 1 aromatic heterocycles. The molecule has 1 saturated carbocycles. The van der Waals surface area contributed by atoms with E-state index < -0.39 is 0 Å². The van der Waals surface area contributed by atoms with E-state index in [0.717, 1.165) is 24.4 Å². The van der Waals surface area contributed by atoms with Crippen molar-refractivity contribution in [3.8, 4) is 0 Å². The van der Waals surface area contributed by atoms with Crippen LogP contribution in [0, 0.1) is 5.41 Å². The summed E-state index contributed by atoms with van der Waals surface area (Å²) >= 11 is 7.18. The van der Waals surface area contributed by atoms with Crippen molar-refractivity contribution in [3.63, 3.8) is 0 Å². The Labute approximate surface area is 97.8 Å². The Kier molecular flexibility index (Phi) is 3.00. The van der Waals surface area contributed by atoms with E-state index in [1.54, 1.807) is 6.07 Å². The Balaban J connectivity index is 1.98. The van der Waals surface area contributed by atoms with Gasteiger partial charge in [0.1, 0.15) is 0 Å². The second-order valence-electron chi connectivity index (χ2n) is 3.87. The number of carbonyl (C=O) groups is 1. The summed E-state index contributed by atoms with van der Waals surface area (Å²) in [6, 6.07) is 3.62. The zero-order valence-electron chi connectivity index (χ0n) is 8.47. The Morgan fingerprint density at radius 1 is 1.60 bits per heavy atom. The normalized spacial score (nSPS) is 17.5. The first-order valence-electron chi connectivity index (χ1n) is 4.88. The Morgan fingerprint density at radius 2 is 2.33 bits per heavy atom. The maximum Gasteiger partial charge on any atom is 0.232 e. The van der Waals surface area contributed by atoms with Crippen LogP contribution in [0.5, 0.6) is 0 Å². The van der Waals surface area contributed by atoms with Gasteiger partial charge < -0.3 is 10.6 Å². The summed E-state index contributed by atoms with van der Waals surface area (Å²) in [5.41, 5.74) is -0.175. The molecular weight excluding hydrogens is 232 g/mol. The van der Waals surface area contributed by atoms with E-state index in [9.17, 15) is 4.79 Å². The van der Waals surface area contributed by atoms with Gasteiger partial charge in [-0.15, -0.1) is 11.3 Å². The summed E-state index contributed by atoms with van der Waals surface area (Å²) in [6.07, 6.45) is 1.94. The number of halogens is 1. The molecule has 1 amide bonds. The zero-order valence-corrected chi connectivity index (χ0v) is 10.0. The summed E-state index contributed by atoms with van der Waals surface area (Å²) in [5, 5.41) is 6.79. The van der Waals surface area contributed by atoms with Crippen LogP contribution in [0.4, 0.5) is 5.00 Å². The molecule has 1 fully saturated rings. The molecule has 15 heavy (non-hydrogen) atoms. The highest BCUT2D eigenvalue weighted by molar-refractivity contribution is 7.20. The molecule has 0 bridgehead atoms. The van der Waals surface area contributed by atoms with Gasteiger partial charge in [0.05, 0.1) is 14.8 Å². The fraction of sp³-hybridized carbons (Fsp3) is 0.500. The van der Waals surface area contributed by atoms with Crippen LogP contribution in [0.2, 0.25) is 4.34 Å². The average Bonchev–Trinajstić information content (AvgIpc) is 2.86. The lowest BCUT2D eigenvalue weighted by atomic mass is 10.1. The number of anilines is 1. The second-order valence-corrected chi connectivity index (χ2v) is 5.58. The standard InChI is InChI=1S/C10H13ClN2OS/c1-12-6-10(4-5-10)9(14)13-8-3-2-7(11)15-8/h2-3,12H,4-6H2,1H3,(H,13,14). The van der Waals surface area contributed by atoms with Crippen molar-refractivity contribution in [2.75, 3.05) is 18.9 Å². The van der Waals surface area contributed by atoms with Crippen molar-refractivity contribution in [3.05, 3.63) is 16.5 Å². The molecule has 1 aliphatic carbocycles. The predicted molar refractivity (Wildman–Crippen MR) is 63.6 cm³/mol. The minimum Gasteiger partial charge on any atom is -0.319 e. The third-order valence-electron chi connectivity index (χ3n) is 2.66. The molecule has 2 N–H and O–H groups in total. The van der Waals surface area contributed by atoms with Crippen LogP contribution < -0.4 is 10.6 Å². The van der Waals surface area contributed by atoms with Gasteiger partial charge >= 0.3 is 0 Å². The fourth-order valence-corrected chi connectivity index (χ4v) is 2.54. The number of carbonyl (C=O) groups excluding carboxylic acids is 1. The van der Waals surface area contributed by atoms with Gasteiger partial charge in [0, 0.05) is 6.54 Å². The Hall–Kier alpha value is -0.580. The van der Waals surface area contributed by atoms with E-state index in [2.05, 4.69) is 10.6 Å². The van der Waals surface area contributed by atoms with Gasteiger partial charge in [-0.25, -0.2) is 0 Å². The Bertz CT molecular complexity index is 373. The number of hydrogen-bond donors (Lipinski definition) is 2. The van der Waals surface area contributed by atoms with Crippen molar-refractivity contribution in [1.82, 2.24) is 5.32 Å². The van der Waals surface area contributed by atoms with E-state index >= 15 is 0 Å². The van der Waals surface area contributed by atoms with Crippen molar-refractivity contribution >= 4 is 33.8 Å². The monoisotopic (exact) mass is 244 g/mol. The minimum atomic E-state index is -0.175. The number of amides is 1. The lowest BCUT2D eigenvalue weighted by molar-refractivity contribution is -0.120. The molecule has 82 valence electrons. The van der Waals surface area contributed by atoms with Gasteiger partial charge in [-0.05, 0) is 32.0 Å². The van der Waals surface area contributed by atoms with Gasteiger partial charge in [0.2, 0.25) is 5.91 Å². The van der Waals surface area contributed by atoms with E-state index in [0.29, 0.717) is 4.34 Å². The van der Waals surface area contributed by atoms with Crippen LogP contribution in [-0.4, -0.2) is 19.5 Å². The predicted octanol–water partition coefficient (Wildman–Crippen LogP) is 2.34. The SMILES string of the molecule is CNCC1(C(=O)Nc2ccc(Cl)s2)CC1. The van der Waals surface area contributed by atoms with Gasteiger partial charge in [-0.3, -0.25) is 4.79 Å². The van der Waals surface area contributed by atoms with Crippen LogP contribution in [0.1, 0.15) is 12.8 Å². The van der Waals surface area contributed by atoms with Gasteiger partial charge in [0.15, 0.2) is 0 Å². The molecule has 5 heteroatoms. The van der Waals surface area contributed by atoms with Gasteiger partial charge in [-0.1, -0.05) is 11.6 Å². The molecule has 0 saturated heterocycles. The molecule has 0 atom stereocenters. The first-order chi connectivity index (χ1) is 7.16. The minimum absolute atomic E-state index is 0.107. The third-order valence-corrected chi connectivity index (χ3v) is 3.81. The van der Waals surface area contributed by atoms with Crippen LogP contribution in [0.25, 0.3) is 0 Å². The second kappa shape index (κ2) is 4.12. The van der Waals surface area contributed by atoms with Gasteiger partial charge in [0.25, 0.3) is 0 Å². The van der Waals surface area contributed by atoms with Crippen LogP contribution in [0.3, 0.4) is 0 Å². The molecule has 0 radical (unpaired) electrons. The van der Waals surface area contributed by atoms with E-state index in [1.165, 1.54) is 11.3 Å². The lowest BCUT2D eigenvalue weighted by Crippen LogP contribution is -2.32. The van der Waals surface area contributed by atoms with Crippen molar-refractivity contribution in [2.45, 2.75) is 12.8 Å². The van der Waals surface area contributed by atoms with Crippen molar-refractivity contribution < 1.29 is 4.79 Å². The van der Waals surface area contributed by atoms with E-state index in [4.69, 9.17) is 11.6 Å². The number of hydrogen-bond acceptors (Lipinski definition) is 3. The smallest absolute Gasteiger partial charge is 0.232 e. The quantitative estimate of drug-likeness (QED) is 0.854. The molecule has 2 rings (SSSR count). The first kappa shape index (κ1) is 10.9. The molecule has 0 aromatic carbocycles. The molecule has 0 spiro atoms. The molecule has 0 aliphatic heterocycles. The molecule has 1 aliphatic rings. The highest BCUT2D eigenvalue weighted by Crippen LogP contribution is 2.46.